The number of fused-ring (bicyclic) bond motifs is 2. The lowest BCUT2D eigenvalue weighted by molar-refractivity contribution is -0.193. The van der Waals surface area contributed by atoms with Gasteiger partial charge < -0.3 is 10.2 Å². The highest BCUT2D eigenvalue weighted by molar-refractivity contribution is 9.10. The van der Waals surface area contributed by atoms with Gasteiger partial charge in [0, 0.05) is 54.6 Å². The zero-order valence-electron chi connectivity index (χ0n) is 22.2. The summed E-state index contributed by atoms with van der Waals surface area (Å²) < 4.78 is 5.09. The van der Waals surface area contributed by atoms with Gasteiger partial charge in [0.05, 0.1) is 0 Å². The quantitative estimate of drug-likeness (QED) is 0.372. The Hall–Kier alpha value is -3.76. The van der Waals surface area contributed by atoms with E-state index in [0.29, 0.717) is 0 Å². The first-order valence-corrected chi connectivity index (χ1v) is 13.6. The van der Waals surface area contributed by atoms with Gasteiger partial charge in [0.1, 0.15) is 11.6 Å². The lowest BCUT2D eigenvalue weighted by Crippen LogP contribution is -2.17. The number of pyridine rings is 2. The summed E-state index contributed by atoms with van der Waals surface area (Å²) in [6.45, 7) is 9.01. The van der Waals surface area contributed by atoms with E-state index >= 15 is 0 Å². The molecule has 0 atom stereocenters. The number of nitrogens with zero attached hydrogens (tertiary/aromatic N) is 7. The molecule has 4 aromatic rings. The first-order valence-electron chi connectivity index (χ1n) is 12.8. The first-order chi connectivity index (χ1) is 19.0. The molecule has 0 aromatic carbocycles. The van der Waals surface area contributed by atoms with Gasteiger partial charge in [-0.05, 0) is 57.0 Å². The van der Waals surface area contributed by atoms with Gasteiger partial charge in [-0.3, -0.25) is 8.80 Å². The van der Waals surface area contributed by atoms with E-state index in [1.54, 1.807) is 0 Å². The van der Waals surface area contributed by atoms with Crippen LogP contribution in [0.25, 0.3) is 11.3 Å². The van der Waals surface area contributed by atoms with E-state index in [1.165, 1.54) is 57.5 Å². The van der Waals surface area contributed by atoms with Gasteiger partial charge >= 0.3 is 12.3 Å². The van der Waals surface area contributed by atoms with Crippen molar-refractivity contribution in [2.45, 2.75) is 52.4 Å². The van der Waals surface area contributed by atoms with Crippen molar-refractivity contribution < 1.29 is 19.2 Å². The van der Waals surface area contributed by atoms with E-state index in [0.717, 1.165) is 40.3 Å². The summed E-state index contributed by atoms with van der Waals surface area (Å²) in [4.78, 5) is 34.9. The topological polar surface area (TPSA) is 144 Å². The van der Waals surface area contributed by atoms with Gasteiger partial charge in [-0.25, -0.2) is 0 Å². The molecule has 2 fully saturated rings. The van der Waals surface area contributed by atoms with E-state index in [9.17, 15) is 0 Å². The number of aryl methyl sites for hydroxylation is 2. The molecule has 1 N–H and O–H groups in total. The van der Waals surface area contributed by atoms with Crippen molar-refractivity contribution in [1.29, 1.82) is 0 Å². The van der Waals surface area contributed by atoms with Crippen molar-refractivity contribution in [3.63, 3.8) is 0 Å². The van der Waals surface area contributed by atoms with Gasteiger partial charge in [-0.2, -0.15) is 19.2 Å². The maximum atomic E-state index is 8.12. The molecular weight excluding hydrogens is 568 g/mol. The van der Waals surface area contributed by atoms with Gasteiger partial charge in [-0.15, -0.1) is 20.4 Å². The molecule has 0 radical (unpaired) electrons. The smallest absolute Gasteiger partial charge is 0.371 e. The van der Waals surface area contributed by atoms with Crippen molar-refractivity contribution in [2.75, 3.05) is 31.1 Å². The van der Waals surface area contributed by atoms with Crippen molar-refractivity contribution in [3.8, 4) is 0 Å². The number of anilines is 1. The molecule has 13 heteroatoms. The normalized spacial score (nSPS) is 13.5. The molecule has 6 heterocycles. The van der Waals surface area contributed by atoms with E-state index < -0.39 is 0 Å². The van der Waals surface area contributed by atoms with Crippen LogP contribution < -0.4 is 10.2 Å². The number of nitrogens with one attached hydrogen (secondary N) is 1. The number of hydrogen-bond donors (Lipinski definition) is 1. The van der Waals surface area contributed by atoms with Crippen molar-refractivity contribution in [1.82, 2.24) is 34.5 Å². The molecule has 0 amide bonds. The third-order valence-corrected chi connectivity index (χ3v) is 6.46. The molecule has 208 valence electrons. The molecule has 12 nitrogen and oxygen atoms in total. The average molecular weight is 602 g/mol. The number of hydrogen-bond acceptors (Lipinski definition) is 10. The molecule has 2 saturated heterocycles. The van der Waals surface area contributed by atoms with Crippen LogP contribution in [0.1, 0.15) is 51.2 Å². The Morgan fingerprint density at radius 3 is 1.72 bits per heavy atom. The predicted octanol–water partition coefficient (Wildman–Crippen LogP) is 3.15. The second-order valence-electron chi connectivity index (χ2n) is 8.44. The minimum atomic E-state index is 0.250. The minimum Gasteiger partial charge on any atom is -0.371 e. The molecule has 4 aromatic heterocycles. The van der Waals surface area contributed by atoms with E-state index in [-0.39, 0.29) is 12.3 Å². The number of rotatable bonds is 3. The van der Waals surface area contributed by atoms with E-state index in [2.05, 4.69) is 83.1 Å². The fourth-order valence-electron chi connectivity index (χ4n) is 4.12. The Labute approximate surface area is 234 Å². The summed E-state index contributed by atoms with van der Waals surface area (Å²) in [5.41, 5.74) is 3.13. The van der Waals surface area contributed by atoms with Crippen LogP contribution in [0.15, 0.2) is 41.1 Å². The van der Waals surface area contributed by atoms with Crippen LogP contribution in [0.2, 0.25) is 0 Å². The summed E-state index contributed by atoms with van der Waals surface area (Å²) in [5.74, 6) is 2.03. The first kappa shape index (κ1) is 31.5. The molecule has 0 unspecified atom stereocenters. The Morgan fingerprint density at radius 1 is 0.769 bits per heavy atom. The Bertz CT molecular complexity index is 1330. The molecule has 6 rings (SSSR count). The molecule has 0 aliphatic carbocycles. The third kappa shape index (κ3) is 9.81. The van der Waals surface area contributed by atoms with Crippen LogP contribution in [0.3, 0.4) is 0 Å². The zero-order chi connectivity index (χ0) is 28.5. The number of halogens is 1. The van der Waals surface area contributed by atoms with Crippen LogP contribution in [0, 0.1) is 0 Å². The Morgan fingerprint density at radius 2 is 1.26 bits per heavy atom. The summed E-state index contributed by atoms with van der Waals surface area (Å²) >= 11 is 3.38. The van der Waals surface area contributed by atoms with Gasteiger partial charge in [-0.1, -0.05) is 29.8 Å². The molecule has 39 heavy (non-hydrogen) atoms. The highest BCUT2D eigenvalue weighted by Gasteiger charge is 2.13. The maximum absolute atomic E-state index is 8.12. The summed E-state index contributed by atoms with van der Waals surface area (Å²) in [6, 6.07) is 8.24. The molecular formula is C26H33BrN8O4. The monoisotopic (exact) mass is 600 g/mol. The molecule has 2 aliphatic rings. The second-order valence-corrected chi connectivity index (χ2v) is 9.36. The minimum absolute atomic E-state index is 0.250. The van der Waals surface area contributed by atoms with Crippen LogP contribution in [-0.2, 0) is 32.0 Å². The fraction of sp³-hybridized carbons (Fsp3) is 0.462. The van der Waals surface area contributed by atoms with Crippen LogP contribution in [-0.4, -0.2) is 67.7 Å². The third-order valence-electron chi connectivity index (χ3n) is 5.97. The van der Waals surface area contributed by atoms with Crippen LogP contribution in [0.5, 0.6) is 0 Å². The molecule has 0 saturated carbocycles. The maximum Gasteiger partial charge on any atom is 0.373 e. The fourth-order valence-corrected chi connectivity index (χ4v) is 4.45. The summed E-state index contributed by atoms with van der Waals surface area (Å²) in [5, 5.41) is 19.7. The number of carbonyl (C=O) groups excluding carboxylic acids is 4. The van der Waals surface area contributed by atoms with Gasteiger partial charge in [0.25, 0.3) is 0 Å². The van der Waals surface area contributed by atoms with E-state index in [1.807, 2.05) is 22.7 Å². The van der Waals surface area contributed by atoms with E-state index in [4.69, 9.17) is 19.2 Å². The highest BCUT2D eigenvalue weighted by atomic mass is 79.9. The zero-order valence-corrected chi connectivity index (χ0v) is 23.8. The Kier molecular flexibility index (Phi) is 14.3. The van der Waals surface area contributed by atoms with Crippen LogP contribution >= 0.6 is 15.9 Å². The van der Waals surface area contributed by atoms with Crippen molar-refractivity contribution >= 4 is 45.2 Å². The van der Waals surface area contributed by atoms with Gasteiger partial charge in [0.2, 0.25) is 0 Å². The Balaban J connectivity index is 0.000000203. The SMILES string of the molecule is C1CCNC1.CCc1nnc2cc(Br)ccn12.CCc1nnc2cc(N3CCCC3)ccn12.O=C=O.O=C=O. The summed E-state index contributed by atoms with van der Waals surface area (Å²) in [6.07, 6.45) is 11.8. The molecule has 0 bridgehead atoms. The predicted molar refractivity (Wildman–Crippen MR) is 146 cm³/mol. The highest BCUT2D eigenvalue weighted by Crippen LogP contribution is 2.21. The van der Waals surface area contributed by atoms with Crippen molar-refractivity contribution in [2.24, 2.45) is 0 Å². The molecule has 2 aliphatic heterocycles. The van der Waals surface area contributed by atoms with Gasteiger partial charge in [0.15, 0.2) is 11.3 Å². The molecule has 0 spiro atoms. The van der Waals surface area contributed by atoms with Crippen LogP contribution in [0.4, 0.5) is 5.69 Å². The summed E-state index contributed by atoms with van der Waals surface area (Å²) in [7, 11) is 0. The largest absolute Gasteiger partial charge is 0.373 e. The average Bonchev–Trinajstić information content (AvgIpc) is 3.77. The second kappa shape index (κ2) is 17.7. The lowest BCUT2D eigenvalue weighted by atomic mass is 10.3. The standard InChI is InChI=1S/C12H16N4.C8H8BrN3.C4H9N.2CO2/c1-2-11-13-14-12-9-10(5-8-16(11)12)15-6-3-4-7-15;1-2-7-10-11-8-5-6(9)3-4-12(7)8;1-2-4-5-3-1;2*2-1-3/h5,8-9H,2-4,6-7H2,1H3;3-5H,2H2,1H3;5H,1-4H2;;. The lowest BCUT2D eigenvalue weighted by Gasteiger charge is -2.17. The van der Waals surface area contributed by atoms with Crippen molar-refractivity contribution in [3.05, 3.63) is 52.8 Å². The number of aromatic nitrogens is 6.